The molecule has 0 unspecified atom stereocenters. The number of aryl methyl sites for hydroxylation is 2. The molecule has 0 saturated heterocycles. The maximum atomic E-state index is 6.23. The molecular formula is C12H13ClN4. The Morgan fingerprint density at radius 2 is 2.06 bits per heavy atom. The predicted molar refractivity (Wildman–Crippen MR) is 65.9 cm³/mol. The molecule has 1 aliphatic rings. The van der Waals surface area contributed by atoms with E-state index in [4.69, 9.17) is 11.6 Å². The van der Waals surface area contributed by atoms with Crippen molar-refractivity contribution in [2.75, 3.05) is 0 Å². The molecule has 3 rings (SSSR count). The summed E-state index contributed by atoms with van der Waals surface area (Å²) in [4.78, 5) is 13.2. The molecule has 0 saturated carbocycles. The molecule has 0 aromatic carbocycles. The number of rotatable bonds is 1. The molecule has 1 aliphatic carbocycles. The maximum absolute atomic E-state index is 6.23. The average Bonchev–Trinajstić information content (AvgIpc) is 2.75. The summed E-state index contributed by atoms with van der Waals surface area (Å²) in [5.41, 5.74) is 2.21. The van der Waals surface area contributed by atoms with Gasteiger partial charge in [-0.25, -0.2) is 15.0 Å². The second-order valence-corrected chi connectivity index (χ2v) is 4.69. The zero-order valence-corrected chi connectivity index (χ0v) is 10.4. The third kappa shape index (κ3) is 1.82. The first-order valence-electron chi connectivity index (χ1n) is 5.78. The summed E-state index contributed by atoms with van der Waals surface area (Å²) >= 11 is 6.23. The van der Waals surface area contributed by atoms with Crippen LogP contribution < -0.4 is 0 Å². The summed E-state index contributed by atoms with van der Waals surface area (Å²) in [5, 5.41) is 0.590. The van der Waals surface area contributed by atoms with Crippen LogP contribution in [0.1, 0.15) is 24.1 Å². The van der Waals surface area contributed by atoms with Gasteiger partial charge in [0.05, 0.1) is 0 Å². The summed E-state index contributed by atoms with van der Waals surface area (Å²) < 4.78 is 1.90. The van der Waals surface area contributed by atoms with Crippen molar-refractivity contribution < 1.29 is 0 Å². The van der Waals surface area contributed by atoms with Gasteiger partial charge < -0.3 is 4.57 Å². The van der Waals surface area contributed by atoms with Crippen molar-refractivity contribution in [1.82, 2.24) is 19.5 Å². The van der Waals surface area contributed by atoms with Gasteiger partial charge in [0.25, 0.3) is 0 Å². The van der Waals surface area contributed by atoms with Crippen LogP contribution in [0.25, 0.3) is 11.6 Å². The molecule has 17 heavy (non-hydrogen) atoms. The van der Waals surface area contributed by atoms with Gasteiger partial charge in [0.1, 0.15) is 5.15 Å². The van der Waals surface area contributed by atoms with Gasteiger partial charge in [0.15, 0.2) is 11.6 Å². The molecule has 0 radical (unpaired) electrons. The van der Waals surface area contributed by atoms with E-state index in [1.807, 2.05) is 17.8 Å². The largest absolute Gasteiger partial charge is 0.331 e. The number of imidazole rings is 1. The number of fused-ring (bicyclic) bond motifs is 1. The summed E-state index contributed by atoms with van der Waals surface area (Å²) in [5.74, 6) is 1.39. The third-order valence-electron chi connectivity index (χ3n) is 3.15. The highest BCUT2D eigenvalue weighted by atomic mass is 35.5. The molecule has 4 nitrogen and oxygen atoms in total. The highest BCUT2D eigenvalue weighted by molar-refractivity contribution is 6.30. The van der Waals surface area contributed by atoms with Crippen molar-refractivity contribution in [3.63, 3.8) is 0 Å². The van der Waals surface area contributed by atoms with E-state index in [1.165, 1.54) is 12.8 Å². The fourth-order valence-electron chi connectivity index (χ4n) is 2.23. The highest BCUT2D eigenvalue weighted by Gasteiger charge is 2.18. The molecule has 0 N–H and O–H groups in total. The second kappa shape index (κ2) is 4.11. The van der Waals surface area contributed by atoms with Crippen molar-refractivity contribution in [1.29, 1.82) is 0 Å². The van der Waals surface area contributed by atoms with Crippen molar-refractivity contribution in [3.8, 4) is 11.6 Å². The molecule has 2 aromatic heterocycles. The van der Waals surface area contributed by atoms with Gasteiger partial charge in [0.2, 0.25) is 0 Å². The fraction of sp³-hybridized carbons (Fsp3) is 0.417. The maximum Gasteiger partial charge on any atom is 0.197 e. The Morgan fingerprint density at radius 3 is 2.82 bits per heavy atom. The lowest BCUT2D eigenvalue weighted by Crippen LogP contribution is -2.10. The minimum Gasteiger partial charge on any atom is -0.331 e. The molecule has 88 valence electrons. The number of hydrogen-bond acceptors (Lipinski definition) is 3. The third-order valence-corrected chi connectivity index (χ3v) is 3.47. The Kier molecular flexibility index (Phi) is 2.59. The molecular weight excluding hydrogens is 236 g/mol. The summed E-state index contributed by atoms with van der Waals surface area (Å²) in [6, 6.07) is 0. The van der Waals surface area contributed by atoms with E-state index in [9.17, 15) is 0 Å². The predicted octanol–water partition coefficient (Wildman–Crippen LogP) is 2.41. The van der Waals surface area contributed by atoms with Crippen LogP contribution in [0.3, 0.4) is 0 Å². The summed E-state index contributed by atoms with van der Waals surface area (Å²) in [7, 11) is 1.93. The molecule has 0 amide bonds. The van der Waals surface area contributed by atoms with Crippen LogP contribution in [-0.4, -0.2) is 19.5 Å². The lowest BCUT2D eigenvalue weighted by atomic mass is 9.97. The number of nitrogens with zero attached hydrogens (tertiary/aromatic N) is 4. The monoisotopic (exact) mass is 248 g/mol. The van der Waals surface area contributed by atoms with Crippen LogP contribution in [0.2, 0.25) is 5.15 Å². The molecule has 0 spiro atoms. The van der Waals surface area contributed by atoms with Gasteiger partial charge in [-0.1, -0.05) is 11.6 Å². The van der Waals surface area contributed by atoms with Crippen LogP contribution >= 0.6 is 11.6 Å². The molecule has 0 bridgehead atoms. The summed E-state index contributed by atoms with van der Waals surface area (Å²) in [6.07, 6.45) is 7.97. The first-order valence-corrected chi connectivity index (χ1v) is 6.16. The molecule has 0 aliphatic heterocycles. The van der Waals surface area contributed by atoms with Crippen LogP contribution in [0.5, 0.6) is 0 Å². The van der Waals surface area contributed by atoms with Crippen LogP contribution in [-0.2, 0) is 19.9 Å². The molecule has 5 heteroatoms. The van der Waals surface area contributed by atoms with E-state index in [0.717, 1.165) is 29.9 Å². The number of halogens is 1. The lowest BCUT2D eigenvalue weighted by Gasteiger charge is -2.16. The smallest absolute Gasteiger partial charge is 0.197 e. The zero-order chi connectivity index (χ0) is 11.8. The average molecular weight is 249 g/mol. The van der Waals surface area contributed by atoms with E-state index in [1.54, 1.807) is 6.20 Å². The first kappa shape index (κ1) is 10.7. The minimum atomic E-state index is 0.590. The lowest BCUT2D eigenvalue weighted by molar-refractivity contribution is 0.662. The van der Waals surface area contributed by atoms with E-state index in [0.29, 0.717) is 11.0 Å². The van der Waals surface area contributed by atoms with Crippen molar-refractivity contribution in [2.24, 2.45) is 7.05 Å². The van der Waals surface area contributed by atoms with Crippen LogP contribution in [0, 0.1) is 0 Å². The fourth-order valence-corrected chi connectivity index (χ4v) is 2.51. The zero-order valence-electron chi connectivity index (χ0n) is 9.65. The van der Waals surface area contributed by atoms with E-state index < -0.39 is 0 Å². The van der Waals surface area contributed by atoms with Crippen molar-refractivity contribution in [3.05, 3.63) is 28.8 Å². The normalized spacial score (nSPS) is 14.7. The number of hydrogen-bond donors (Lipinski definition) is 0. The van der Waals surface area contributed by atoms with Gasteiger partial charge in [-0.15, -0.1) is 0 Å². The van der Waals surface area contributed by atoms with E-state index in [-0.39, 0.29) is 0 Å². The van der Waals surface area contributed by atoms with Crippen LogP contribution in [0.4, 0.5) is 0 Å². The highest BCUT2D eigenvalue weighted by Crippen LogP contribution is 2.27. The second-order valence-electron chi connectivity index (χ2n) is 4.33. The van der Waals surface area contributed by atoms with Crippen molar-refractivity contribution in [2.45, 2.75) is 25.7 Å². The first-order chi connectivity index (χ1) is 8.25. The quantitative estimate of drug-likeness (QED) is 0.728. The van der Waals surface area contributed by atoms with E-state index >= 15 is 0 Å². The van der Waals surface area contributed by atoms with Gasteiger partial charge in [-0.2, -0.15) is 0 Å². The Balaban J connectivity index is 2.14. The minimum absolute atomic E-state index is 0.590. The Morgan fingerprint density at radius 1 is 1.24 bits per heavy atom. The molecule has 0 fully saturated rings. The Hall–Kier alpha value is -1.42. The molecule has 0 atom stereocenters. The molecule has 2 heterocycles. The SMILES string of the molecule is Cn1ccnc1-c1nc(Cl)c2c(n1)CCCC2. The van der Waals surface area contributed by atoms with E-state index in [2.05, 4.69) is 15.0 Å². The molecule has 2 aromatic rings. The standard InChI is InChI=1S/C12H13ClN4/c1-17-7-6-14-12(17)11-15-9-5-3-2-4-8(9)10(13)16-11/h6-7H,2-5H2,1H3. The Bertz CT molecular complexity index is 562. The summed E-state index contributed by atoms with van der Waals surface area (Å²) in [6.45, 7) is 0. The van der Waals surface area contributed by atoms with Crippen molar-refractivity contribution >= 4 is 11.6 Å². The van der Waals surface area contributed by atoms with Gasteiger partial charge in [0, 0.05) is 30.7 Å². The van der Waals surface area contributed by atoms with Gasteiger partial charge >= 0.3 is 0 Å². The van der Waals surface area contributed by atoms with Gasteiger partial charge in [-0.3, -0.25) is 0 Å². The topological polar surface area (TPSA) is 43.6 Å². The van der Waals surface area contributed by atoms with Crippen LogP contribution in [0.15, 0.2) is 12.4 Å². The van der Waals surface area contributed by atoms with Gasteiger partial charge in [-0.05, 0) is 25.7 Å². The number of aromatic nitrogens is 4. The Labute approximate surface area is 105 Å².